The minimum absolute atomic E-state index is 0.100. The Bertz CT molecular complexity index is 229. The average Bonchev–Trinajstić information content (AvgIpc) is 2.27. The van der Waals surface area contributed by atoms with Crippen molar-refractivity contribution < 1.29 is 4.79 Å². The normalized spacial score (nSPS) is 17.9. The second-order valence-corrected chi connectivity index (χ2v) is 5.97. The molecule has 3 heteroatoms. The van der Waals surface area contributed by atoms with Gasteiger partial charge in [0.05, 0.1) is 0 Å². The fraction of sp³-hybridized carbons (Fsp3) is 0.933. The van der Waals surface area contributed by atoms with Gasteiger partial charge in [0.1, 0.15) is 0 Å². The van der Waals surface area contributed by atoms with Gasteiger partial charge in [-0.2, -0.15) is 0 Å². The SMILES string of the molecule is CCC(C)CC(C)NC(=O)C(C)CCCC(C)N. The van der Waals surface area contributed by atoms with Crippen LogP contribution < -0.4 is 11.1 Å². The van der Waals surface area contributed by atoms with Crippen molar-refractivity contribution in [2.75, 3.05) is 0 Å². The lowest BCUT2D eigenvalue weighted by Crippen LogP contribution is -2.37. The monoisotopic (exact) mass is 256 g/mol. The highest BCUT2D eigenvalue weighted by molar-refractivity contribution is 5.78. The quantitative estimate of drug-likeness (QED) is 0.666. The Hall–Kier alpha value is -0.570. The van der Waals surface area contributed by atoms with E-state index >= 15 is 0 Å². The van der Waals surface area contributed by atoms with Crippen molar-refractivity contribution in [1.82, 2.24) is 5.32 Å². The number of carbonyl (C=O) groups is 1. The summed E-state index contributed by atoms with van der Waals surface area (Å²) in [5.74, 6) is 0.965. The van der Waals surface area contributed by atoms with E-state index in [2.05, 4.69) is 26.1 Å². The zero-order valence-corrected chi connectivity index (χ0v) is 12.8. The van der Waals surface area contributed by atoms with Crippen molar-refractivity contribution in [2.24, 2.45) is 17.6 Å². The molecule has 0 saturated heterocycles. The first-order valence-corrected chi connectivity index (χ1v) is 7.42. The minimum atomic E-state index is 0.100. The standard InChI is InChI=1S/C15H32N2O/c1-6-11(2)10-14(5)17-15(18)12(3)8-7-9-13(4)16/h11-14H,6-10,16H2,1-5H3,(H,17,18). The van der Waals surface area contributed by atoms with Crippen LogP contribution in [0.25, 0.3) is 0 Å². The number of nitrogens with two attached hydrogens (primary N) is 1. The van der Waals surface area contributed by atoms with Crippen molar-refractivity contribution in [2.45, 2.75) is 78.8 Å². The summed E-state index contributed by atoms with van der Waals surface area (Å²) in [6.07, 6.45) is 5.20. The number of nitrogens with one attached hydrogen (secondary N) is 1. The van der Waals surface area contributed by atoms with Crippen LogP contribution in [0, 0.1) is 11.8 Å². The van der Waals surface area contributed by atoms with Gasteiger partial charge in [0.25, 0.3) is 0 Å². The Kier molecular flexibility index (Phi) is 9.08. The molecule has 3 nitrogen and oxygen atoms in total. The smallest absolute Gasteiger partial charge is 0.223 e. The molecular formula is C15H32N2O. The molecule has 0 aromatic heterocycles. The molecule has 0 aliphatic carbocycles. The molecule has 3 N–H and O–H groups in total. The molecular weight excluding hydrogens is 224 g/mol. The molecule has 0 rings (SSSR count). The van der Waals surface area contributed by atoms with Crippen LogP contribution in [-0.4, -0.2) is 18.0 Å². The number of hydrogen-bond acceptors (Lipinski definition) is 2. The fourth-order valence-corrected chi connectivity index (χ4v) is 2.09. The highest BCUT2D eigenvalue weighted by atomic mass is 16.1. The van der Waals surface area contributed by atoms with Gasteiger partial charge in [-0.25, -0.2) is 0 Å². The average molecular weight is 256 g/mol. The Balaban J connectivity index is 3.85. The van der Waals surface area contributed by atoms with Crippen LogP contribution >= 0.6 is 0 Å². The lowest BCUT2D eigenvalue weighted by Gasteiger charge is -2.20. The van der Waals surface area contributed by atoms with Crippen LogP contribution in [-0.2, 0) is 4.79 Å². The molecule has 0 aromatic rings. The van der Waals surface area contributed by atoms with Crippen molar-refractivity contribution in [3.05, 3.63) is 0 Å². The van der Waals surface area contributed by atoms with E-state index in [-0.39, 0.29) is 23.9 Å². The first kappa shape index (κ1) is 17.4. The molecule has 0 spiro atoms. The predicted octanol–water partition coefficient (Wildman–Crippen LogP) is 3.08. The highest BCUT2D eigenvalue weighted by Crippen LogP contribution is 2.12. The summed E-state index contributed by atoms with van der Waals surface area (Å²) in [5, 5.41) is 3.11. The van der Waals surface area contributed by atoms with Gasteiger partial charge in [-0.15, -0.1) is 0 Å². The third kappa shape index (κ3) is 8.51. The number of rotatable bonds is 9. The van der Waals surface area contributed by atoms with E-state index in [4.69, 9.17) is 5.73 Å². The largest absolute Gasteiger partial charge is 0.353 e. The van der Waals surface area contributed by atoms with E-state index in [1.54, 1.807) is 0 Å². The van der Waals surface area contributed by atoms with Crippen LogP contribution in [0.4, 0.5) is 0 Å². The topological polar surface area (TPSA) is 55.1 Å². The summed E-state index contributed by atoms with van der Waals surface area (Å²) in [4.78, 5) is 12.0. The maximum atomic E-state index is 12.0. The van der Waals surface area contributed by atoms with Crippen LogP contribution in [0.15, 0.2) is 0 Å². The molecule has 4 unspecified atom stereocenters. The molecule has 0 saturated carbocycles. The van der Waals surface area contributed by atoms with E-state index in [1.807, 2.05) is 13.8 Å². The third-order valence-electron chi connectivity index (χ3n) is 3.59. The Morgan fingerprint density at radius 3 is 2.28 bits per heavy atom. The minimum Gasteiger partial charge on any atom is -0.353 e. The van der Waals surface area contributed by atoms with E-state index in [9.17, 15) is 4.79 Å². The van der Waals surface area contributed by atoms with Crippen LogP contribution in [0.3, 0.4) is 0 Å². The molecule has 0 bridgehead atoms. The molecule has 0 aromatic carbocycles. The maximum absolute atomic E-state index is 12.0. The van der Waals surface area contributed by atoms with E-state index in [1.165, 1.54) is 6.42 Å². The van der Waals surface area contributed by atoms with Crippen molar-refractivity contribution in [3.63, 3.8) is 0 Å². The number of carbonyl (C=O) groups excluding carboxylic acids is 1. The molecule has 0 fully saturated rings. The summed E-state index contributed by atoms with van der Waals surface area (Å²) in [6, 6.07) is 0.521. The Morgan fingerprint density at radius 1 is 1.17 bits per heavy atom. The fourth-order valence-electron chi connectivity index (χ4n) is 2.09. The third-order valence-corrected chi connectivity index (χ3v) is 3.59. The van der Waals surface area contributed by atoms with Gasteiger partial charge in [-0.1, -0.05) is 33.6 Å². The molecule has 1 amide bonds. The predicted molar refractivity (Wildman–Crippen MR) is 78.3 cm³/mol. The first-order valence-electron chi connectivity index (χ1n) is 7.42. The van der Waals surface area contributed by atoms with Gasteiger partial charge in [0, 0.05) is 18.0 Å². The van der Waals surface area contributed by atoms with Crippen molar-refractivity contribution in [1.29, 1.82) is 0 Å². The van der Waals surface area contributed by atoms with Crippen molar-refractivity contribution in [3.8, 4) is 0 Å². The molecule has 0 aliphatic rings. The van der Waals surface area contributed by atoms with E-state index in [0.29, 0.717) is 5.92 Å². The summed E-state index contributed by atoms with van der Waals surface area (Å²) in [5.41, 5.74) is 5.71. The molecule has 0 radical (unpaired) electrons. The van der Waals surface area contributed by atoms with Gasteiger partial charge in [-0.05, 0) is 39.0 Å². The second-order valence-electron chi connectivity index (χ2n) is 5.97. The zero-order chi connectivity index (χ0) is 14.1. The molecule has 0 aliphatic heterocycles. The summed E-state index contributed by atoms with van der Waals surface area (Å²) >= 11 is 0. The van der Waals surface area contributed by atoms with Gasteiger partial charge in [0.2, 0.25) is 5.91 Å². The van der Waals surface area contributed by atoms with Crippen molar-refractivity contribution >= 4 is 5.91 Å². The number of amides is 1. The first-order chi connectivity index (χ1) is 8.36. The maximum Gasteiger partial charge on any atom is 0.223 e. The van der Waals surface area contributed by atoms with Gasteiger partial charge in [0.15, 0.2) is 0 Å². The van der Waals surface area contributed by atoms with Gasteiger partial charge in [-0.3, -0.25) is 4.79 Å². The van der Waals surface area contributed by atoms with Crippen LogP contribution in [0.5, 0.6) is 0 Å². The molecule has 0 heterocycles. The summed E-state index contributed by atoms with van der Waals surface area (Å²) in [7, 11) is 0. The summed E-state index contributed by atoms with van der Waals surface area (Å²) < 4.78 is 0. The Labute approximate surface area is 113 Å². The number of hydrogen-bond donors (Lipinski definition) is 2. The lowest BCUT2D eigenvalue weighted by molar-refractivity contribution is -0.125. The van der Waals surface area contributed by atoms with Gasteiger partial charge < -0.3 is 11.1 Å². The van der Waals surface area contributed by atoms with E-state index in [0.717, 1.165) is 25.7 Å². The Morgan fingerprint density at radius 2 is 1.78 bits per heavy atom. The van der Waals surface area contributed by atoms with E-state index < -0.39 is 0 Å². The molecule has 18 heavy (non-hydrogen) atoms. The van der Waals surface area contributed by atoms with Crippen LogP contribution in [0.2, 0.25) is 0 Å². The second kappa shape index (κ2) is 9.37. The lowest BCUT2D eigenvalue weighted by atomic mass is 9.98. The van der Waals surface area contributed by atoms with Crippen LogP contribution in [0.1, 0.15) is 66.7 Å². The molecule has 108 valence electrons. The zero-order valence-electron chi connectivity index (χ0n) is 12.8. The summed E-state index contributed by atoms with van der Waals surface area (Å²) in [6.45, 7) is 10.5. The van der Waals surface area contributed by atoms with Gasteiger partial charge >= 0.3 is 0 Å². The molecule has 4 atom stereocenters. The highest BCUT2D eigenvalue weighted by Gasteiger charge is 2.16.